The first-order valence-corrected chi connectivity index (χ1v) is 5.90. The standard InChI is InChI=1S/C15H12F4O/c1-7-3-9(4-8(2)13(7)18)15(20)10-5-11(16)14(19)12(17)6-10/h3-6,15,20H,1-2H3. The SMILES string of the molecule is Cc1cc(C(O)c2cc(F)c(F)c(F)c2)cc(C)c1F. The fraction of sp³-hybridized carbons (Fsp3) is 0.200. The Bertz CT molecular complexity index is 563. The van der Waals surface area contributed by atoms with Crippen molar-refractivity contribution in [3.05, 3.63) is 69.8 Å². The van der Waals surface area contributed by atoms with Crippen LogP contribution in [0.15, 0.2) is 24.3 Å². The zero-order valence-corrected chi connectivity index (χ0v) is 10.8. The monoisotopic (exact) mass is 284 g/mol. The van der Waals surface area contributed by atoms with E-state index in [9.17, 15) is 22.7 Å². The smallest absolute Gasteiger partial charge is 0.194 e. The van der Waals surface area contributed by atoms with Gasteiger partial charge in [-0.05, 0) is 48.2 Å². The minimum atomic E-state index is -1.59. The van der Waals surface area contributed by atoms with Crippen molar-refractivity contribution in [1.29, 1.82) is 0 Å². The number of hydrogen-bond donors (Lipinski definition) is 1. The van der Waals surface area contributed by atoms with Gasteiger partial charge in [0, 0.05) is 0 Å². The van der Waals surface area contributed by atoms with Crippen LogP contribution >= 0.6 is 0 Å². The molecule has 1 nitrogen and oxygen atoms in total. The summed E-state index contributed by atoms with van der Waals surface area (Å²) in [6.07, 6.45) is -1.36. The molecule has 0 aromatic heterocycles. The van der Waals surface area contributed by atoms with Crippen LogP contribution in [0, 0.1) is 37.1 Å². The van der Waals surface area contributed by atoms with Gasteiger partial charge in [-0.3, -0.25) is 0 Å². The molecule has 0 bridgehead atoms. The molecule has 0 spiro atoms. The molecule has 1 N–H and O–H groups in total. The van der Waals surface area contributed by atoms with E-state index in [0.717, 1.165) is 12.1 Å². The highest BCUT2D eigenvalue weighted by Gasteiger charge is 2.18. The number of aliphatic hydroxyl groups excluding tert-OH is 1. The van der Waals surface area contributed by atoms with Crippen molar-refractivity contribution in [3.8, 4) is 0 Å². The molecule has 0 fully saturated rings. The summed E-state index contributed by atoms with van der Waals surface area (Å²) in [5.41, 5.74) is 0.767. The van der Waals surface area contributed by atoms with Gasteiger partial charge in [0.05, 0.1) is 0 Å². The Morgan fingerprint density at radius 2 is 1.15 bits per heavy atom. The van der Waals surface area contributed by atoms with Crippen molar-refractivity contribution >= 4 is 0 Å². The Morgan fingerprint density at radius 1 is 0.750 bits per heavy atom. The van der Waals surface area contributed by atoms with Crippen LogP contribution < -0.4 is 0 Å². The van der Waals surface area contributed by atoms with Crippen LogP contribution in [0.3, 0.4) is 0 Å². The molecule has 0 saturated carbocycles. The summed E-state index contributed by atoms with van der Waals surface area (Å²) in [6, 6.07) is 4.20. The van der Waals surface area contributed by atoms with Gasteiger partial charge < -0.3 is 5.11 Å². The van der Waals surface area contributed by atoms with Gasteiger partial charge in [-0.25, -0.2) is 17.6 Å². The molecule has 5 heteroatoms. The third-order valence-electron chi connectivity index (χ3n) is 3.10. The molecule has 2 rings (SSSR count). The summed E-state index contributed by atoms with van der Waals surface area (Å²) in [7, 11) is 0. The highest BCUT2D eigenvalue weighted by atomic mass is 19.2. The number of rotatable bonds is 2. The lowest BCUT2D eigenvalue weighted by Crippen LogP contribution is -2.05. The van der Waals surface area contributed by atoms with E-state index in [1.807, 2.05) is 0 Å². The van der Waals surface area contributed by atoms with Crippen molar-refractivity contribution in [2.75, 3.05) is 0 Å². The predicted molar refractivity (Wildman–Crippen MR) is 66.3 cm³/mol. The minimum absolute atomic E-state index is 0.133. The van der Waals surface area contributed by atoms with Gasteiger partial charge in [0.2, 0.25) is 0 Å². The third kappa shape index (κ3) is 2.54. The van der Waals surface area contributed by atoms with Crippen LogP contribution in [0.2, 0.25) is 0 Å². The lowest BCUT2D eigenvalue weighted by atomic mass is 9.97. The molecule has 0 aliphatic carbocycles. The molecule has 1 atom stereocenters. The molecule has 0 aliphatic heterocycles. The van der Waals surface area contributed by atoms with E-state index >= 15 is 0 Å². The lowest BCUT2D eigenvalue weighted by Gasteiger charge is -2.14. The van der Waals surface area contributed by atoms with Crippen LogP contribution in [0.25, 0.3) is 0 Å². The molecule has 2 aromatic rings. The lowest BCUT2D eigenvalue weighted by molar-refractivity contribution is 0.218. The van der Waals surface area contributed by atoms with Crippen molar-refractivity contribution in [2.45, 2.75) is 20.0 Å². The van der Waals surface area contributed by atoms with Crippen LogP contribution in [-0.4, -0.2) is 5.11 Å². The van der Waals surface area contributed by atoms with E-state index in [1.54, 1.807) is 0 Å². The molecule has 1 unspecified atom stereocenters. The summed E-state index contributed by atoms with van der Waals surface area (Å²) in [5, 5.41) is 10.1. The molecule has 0 radical (unpaired) electrons. The van der Waals surface area contributed by atoms with Gasteiger partial charge >= 0.3 is 0 Å². The zero-order chi connectivity index (χ0) is 15.0. The molecule has 0 aliphatic rings. The van der Waals surface area contributed by atoms with Gasteiger partial charge in [0.15, 0.2) is 17.5 Å². The minimum Gasteiger partial charge on any atom is -0.384 e. The van der Waals surface area contributed by atoms with Crippen LogP contribution in [0.1, 0.15) is 28.4 Å². The first-order chi connectivity index (χ1) is 9.31. The highest BCUT2D eigenvalue weighted by Crippen LogP contribution is 2.27. The molecule has 2 aromatic carbocycles. The Balaban J connectivity index is 2.49. The first-order valence-electron chi connectivity index (χ1n) is 5.90. The van der Waals surface area contributed by atoms with Crippen molar-refractivity contribution in [2.24, 2.45) is 0 Å². The number of aryl methyl sites for hydroxylation is 2. The summed E-state index contributed by atoms with van der Waals surface area (Å²) in [6.45, 7) is 3.04. The normalized spacial score (nSPS) is 12.6. The van der Waals surface area contributed by atoms with Gasteiger partial charge in [0.1, 0.15) is 11.9 Å². The summed E-state index contributed by atoms with van der Waals surface area (Å²) >= 11 is 0. The van der Waals surface area contributed by atoms with Gasteiger partial charge in [-0.1, -0.05) is 12.1 Å². The topological polar surface area (TPSA) is 20.2 Å². The second-order valence-corrected chi connectivity index (χ2v) is 4.67. The molecule has 106 valence electrons. The maximum absolute atomic E-state index is 13.5. The summed E-state index contributed by atoms with van der Waals surface area (Å²) in [5.74, 6) is -4.76. The fourth-order valence-corrected chi connectivity index (χ4v) is 2.06. The zero-order valence-electron chi connectivity index (χ0n) is 10.8. The molecule has 0 heterocycles. The first kappa shape index (κ1) is 14.5. The van der Waals surface area contributed by atoms with Crippen LogP contribution in [0.4, 0.5) is 17.6 Å². The molecular weight excluding hydrogens is 272 g/mol. The molecule has 20 heavy (non-hydrogen) atoms. The number of halogens is 4. The van der Waals surface area contributed by atoms with Crippen molar-refractivity contribution < 1.29 is 22.7 Å². The van der Waals surface area contributed by atoms with E-state index in [0.29, 0.717) is 11.1 Å². The van der Waals surface area contributed by atoms with Crippen LogP contribution in [0.5, 0.6) is 0 Å². The Kier molecular flexibility index (Phi) is 3.81. The van der Waals surface area contributed by atoms with Crippen LogP contribution in [-0.2, 0) is 0 Å². The van der Waals surface area contributed by atoms with Crippen molar-refractivity contribution in [3.63, 3.8) is 0 Å². The van der Waals surface area contributed by atoms with E-state index < -0.39 is 29.4 Å². The number of benzene rings is 2. The second kappa shape index (κ2) is 5.25. The number of hydrogen-bond acceptors (Lipinski definition) is 1. The molecular formula is C15H12F4O. The predicted octanol–water partition coefficient (Wildman–Crippen LogP) is 3.94. The summed E-state index contributed by atoms with van der Waals surface area (Å²) in [4.78, 5) is 0. The second-order valence-electron chi connectivity index (χ2n) is 4.67. The molecule has 0 saturated heterocycles. The molecule has 0 amide bonds. The van der Waals surface area contributed by atoms with E-state index in [2.05, 4.69) is 0 Å². The Labute approximate surface area is 113 Å². The quantitative estimate of drug-likeness (QED) is 0.654. The average Bonchev–Trinajstić information content (AvgIpc) is 2.40. The number of aliphatic hydroxyl groups is 1. The fourth-order valence-electron chi connectivity index (χ4n) is 2.06. The van der Waals surface area contributed by atoms with Gasteiger partial charge in [0.25, 0.3) is 0 Å². The van der Waals surface area contributed by atoms with E-state index in [1.165, 1.54) is 26.0 Å². The largest absolute Gasteiger partial charge is 0.384 e. The van der Waals surface area contributed by atoms with Crippen molar-refractivity contribution in [1.82, 2.24) is 0 Å². The maximum atomic E-state index is 13.5. The van der Waals surface area contributed by atoms with E-state index in [-0.39, 0.29) is 11.1 Å². The maximum Gasteiger partial charge on any atom is 0.194 e. The Morgan fingerprint density at radius 3 is 1.60 bits per heavy atom. The average molecular weight is 284 g/mol. The third-order valence-corrected chi connectivity index (χ3v) is 3.10. The van der Waals surface area contributed by atoms with E-state index in [4.69, 9.17) is 0 Å². The van der Waals surface area contributed by atoms with Gasteiger partial charge in [-0.15, -0.1) is 0 Å². The highest BCUT2D eigenvalue weighted by molar-refractivity contribution is 5.37. The summed E-state index contributed by atoms with van der Waals surface area (Å²) < 4.78 is 52.7. The van der Waals surface area contributed by atoms with Gasteiger partial charge in [-0.2, -0.15) is 0 Å². The Hall–Kier alpha value is -1.88.